The number of hydrogen-bond acceptors (Lipinski definition) is 2. The first-order valence-electron chi connectivity index (χ1n) is 3.92. The maximum atomic E-state index is 8.16. The first kappa shape index (κ1) is 9.42. The fourth-order valence-electron chi connectivity index (χ4n) is 1.09. The Morgan fingerprint density at radius 1 is 1.54 bits per heavy atom. The van der Waals surface area contributed by atoms with Gasteiger partial charge >= 0.3 is 0 Å². The van der Waals surface area contributed by atoms with E-state index in [0.29, 0.717) is 6.54 Å². The minimum atomic E-state index is 0.333. The molecule has 68 valence electrons. The van der Waals surface area contributed by atoms with Crippen molar-refractivity contribution in [1.29, 1.82) is 0 Å². The first-order chi connectivity index (χ1) is 6.27. The summed E-state index contributed by atoms with van der Waals surface area (Å²) in [5, 5.41) is 3.48. The molecule has 1 aromatic rings. The molecule has 0 amide bonds. The lowest BCUT2D eigenvalue weighted by atomic mass is 10.1. The molecule has 0 aliphatic rings. The molecule has 0 aliphatic carbocycles. The lowest BCUT2D eigenvalue weighted by Crippen LogP contribution is -1.90. The van der Waals surface area contributed by atoms with Crippen LogP contribution in [0.1, 0.15) is 11.1 Å². The zero-order valence-electron chi connectivity index (χ0n) is 7.69. The van der Waals surface area contributed by atoms with E-state index in [1.165, 1.54) is 0 Å². The predicted octanol–water partition coefficient (Wildman–Crippen LogP) is 2.81. The van der Waals surface area contributed by atoms with E-state index >= 15 is 0 Å². The molecule has 4 heteroatoms. The monoisotopic (exact) mass is 177 g/mol. The average Bonchev–Trinajstić information content (AvgIpc) is 2.16. The van der Waals surface area contributed by atoms with Crippen molar-refractivity contribution in [2.45, 2.75) is 13.5 Å². The van der Waals surface area contributed by atoms with Crippen LogP contribution in [-0.2, 0) is 6.54 Å². The molecular weight excluding hydrogens is 166 g/mol. The van der Waals surface area contributed by atoms with Crippen LogP contribution in [0.15, 0.2) is 23.3 Å². The van der Waals surface area contributed by atoms with E-state index in [0.717, 1.165) is 16.9 Å². The van der Waals surface area contributed by atoms with E-state index in [1.807, 2.05) is 25.1 Å². The van der Waals surface area contributed by atoms with Gasteiger partial charge in [0.05, 0.1) is 13.7 Å². The molecule has 0 atom stereocenters. The molecule has 0 saturated carbocycles. The van der Waals surface area contributed by atoms with Crippen molar-refractivity contribution in [1.82, 2.24) is 0 Å². The summed E-state index contributed by atoms with van der Waals surface area (Å²) >= 11 is 0. The lowest BCUT2D eigenvalue weighted by molar-refractivity contribution is 0.409. The van der Waals surface area contributed by atoms with Gasteiger partial charge in [-0.1, -0.05) is 17.2 Å². The van der Waals surface area contributed by atoms with Crippen molar-refractivity contribution in [3.8, 4) is 5.75 Å². The van der Waals surface area contributed by atoms with Gasteiger partial charge in [-0.3, -0.25) is 0 Å². The fourth-order valence-corrected chi connectivity index (χ4v) is 1.09. The Balaban J connectivity index is 2.98. The van der Waals surface area contributed by atoms with E-state index in [2.05, 4.69) is 10.0 Å². The molecule has 0 aliphatic heterocycles. The highest BCUT2D eigenvalue weighted by Crippen LogP contribution is 2.20. The Morgan fingerprint density at radius 3 is 2.92 bits per heavy atom. The number of methoxy groups -OCH3 is 1. The Kier molecular flexibility index (Phi) is 3.17. The number of ether oxygens (including phenoxy) is 1. The zero-order chi connectivity index (χ0) is 9.68. The van der Waals surface area contributed by atoms with Crippen molar-refractivity contribution >= 4 is 0 Å². The summed E-state index contributed by atoms with van der Waals surface area (Å²) < 4.78 is 5.14. The second kappa shape index (κ2) is 4.38. The predicted molar refractivity (Wildman–Crippen MR) is 50.6 cm³/mol. The van der Waals surface area contributed by atoms with E-state index < -0.39 is 0 Å². The molecule has 0 fully saturated rings. The Morgan fingerprint density at radius 2 is 2.31 bits per heavy atom. The summed E-state index contributed by atoms with van der Waals surface area (Å²) in [7, 11) is 1.61. The fraction of sp³-hybridized carbons (Fsp3) is 0.333. The van der Waals surface area contributed by atoms with Gasteiger partial charge in [0.25, 0.3) is 0 Å². The molecule has 4 nitrogen and oxygen atoms in total. The highest BCUT2D eigenvalue weighted by Gasteiger charge is 2.00. The quantitative estimate of drug-likeness (QED) is 0.398. The largest absolute Gasteiger partial charge is 0.496 e. The number of nitrogens with zero attached hydrogens (tertiary/aromatic N) is 3. The third kappa shape index (κ3) is 2.39. The number of aryl methyl sites for hydroxylation is 1. The van der Waals surface area contributed by atoms with Gasteiger partial charge in [0.2, 0.25) is 0 Å². The number of azide groups is 1. The SMILES string of the molecule is COc1cc(C)ccc1CN=[N+]=[N-]. The van der Waals surface area contributed by atoms with Crippen molar-refractivity contribution in [2.24, 2.45) is 5.11 Å². The van der Waals surface area contributed by atoms with Crippen LogP contribution in [0.25, 0.3) is 10.4 Å². The Bertz CT molecular complexity index is 343. The van der Waals surface area contributed by atoms with Crippen molar-refractivity contribution in [3.05, 3.63) is 39.8 Å². The molecule has 0 spiro atoms. The van der Waals surface area contributed by atoms with E-state index in [9.17, 15) is 0 Å². The highest BCUT2D eigenvalue weighted by molar-refractivity contribution is 5.36. The van der Waals surface area contributed by atoms with Crippen LogP contribution in [0.3, 0.4) is 0 Å². The molecule has 0 heterocycles. The molecule has 13 heavy (non-hydrogen) atoms. The van der Waals surface area contributed by atoms with Gasteiger partial charge in [-0.25, -0.2) is 0 Å². The summed E-state index contributed by atoms with van der Waals surface area (Å²) in [5.74, 6) is 0.771. The molecule has 0 aromatic heterocycles. The third-order valence-electron chi connectivity index (χ3n) is 1.75. The zero-order valence-corrected chi connectivity index (χ0v) is 7.69. The van der Waals surface area contributed by atoms with E-state index in [1.54, 1.807) is 7.11 Å². The highest BCUT2D eigenvalue weighted by atomic mass is 16.5. The summed E-state index contributed by atoms with van der Waals surface area (Å²) in [6.07, 6.45) is 0. The summed E-state index contributed by atoms with van der Waals surface area (Å²) in [6, 6.07) is 5.79. The van der Waals surface area contributed by atoms with E-state index in [-0.39, 0.29) is 0 Å². The standard InChI is InChI=1S/C9H11N3O/c1-7-3-4-8(6-11-12-10)9(5-7)13-2/h3-5H,6H2,1-2H3. The topological polar surface area (TPSA) is 58.0 Å². The second-order valence-corrected chi connectivity index (χ2v) is 2.70. The molecule has 0 N–H and O–H groups in total. The van der Waals surface area contributed by atoms with Gasteiger partial charge in [0.15, 0.2) is 0 Å². The lowest BCUT2D eigenvalue weighted by Gasteiger charge is -2.06. The molecule has 0 saturated heterocycles. The maximum Gasteiger partial charge on any atom is 0.122 e. The van der Waals surface area contributed by atoms with Crippen LogP contribution in [0.4, 0.5) is 0 Å². The molecule has 0 unspecified atom stereocenters. The average molecular weight is 177 g/mol. The van der Waals surface area contributed by atoms with Gasteiger partial charge in [0.1, 0.15) is 5.75 Å². The summed E-state index contributed by atoms with van der Waals surface area (Å²) in [5.41, 5.74) is 10.2. The van der Waals surface area contributed by atoms with Crippen LogP contribution >= 0.6 is 0 Å². The number of benzene rings is 1. The minimum absolute atomic E-state index is 0.333. The van der Waals surface area contributed by atoms with E-state index in [4.69, 9.17) is 10.3 Å². The molecule has 0 radical (unpaired) electrons. The van der Waals surface area contributed by atoms with Crippen LogP contribution < -0.4 is 4.74 Å². The summed E-state index contributed by atoms with van der Waals surface area (Å²) in [6.45, 7) is 2.32. The van der Waals surface area contributed by atoms with Crippen molar-refractivity contribution in [2.75, 3.05) is 7.11 Å². The van der Waals surface area contributed by atoms with Gasteiger partial charge in [0, 0.05) is 4.91 Å². The normalized spacial score (nSPS) is 9.08. The second-order valence-electron chi connectivity index (χ2n) is 2.70. The van der Waals surface area contributed by atoms with Crippen LogP contribution in [0.5, 0.6) is 5.75 Å². The summed E-state index contributed by atoms with van der Waals surface area (Å²) in [4.78, 5) is 2.70. The molecular formula is C9H11N3O. The van der Waals surface area contributed by atoms with Crippen molar-refractivity contribution in [3.63, 3.8) is 0 Å². The molecule has 0 bridgehead atoms. The van der Waals surface area contributed by atoms with Crippen LogP contribution in [0, 0.1) is 6.92 Å². The molecule has 1 rings (SSSR count). The van der Waals surface area contributed by atoms with Gasteiger partial charge in [-0.2, -0.15) is 0 Å². The third-order valence-corrected chi connectivity index (χ3v) is 1.75. The maximum absolute atomic E-state index is 8.16. The number of hydrogen-bond donors (Lipinski definition) is 0. The van der Waals surface area contributed by atoms with Gasteiger partial charge in [-0.15, -0.1) is 0 Å². The minimum Gasteiger partial charge on any atom is -0.496 e. The van der Waals surface area contributed by atoms with Crippen molar-refractivity contribution < 1.29 is 4.74 Å². The van der Waals surface area contributed by atoms with Gasteiger partial charge < -0.3 is 4.74 Å². The van der Waals surface area contributed by atoms with Crippen LogP contribution in [0.2, 0.25) is 0 Å². The molecule has 1 aromatic carbocycles. The van der Waals surface area contributed by atoms with Gasteiger partial charge in [-0.05, 0) is 29.6 Å². The van der Waals surface area contributed by atoms with Crippen LogP contribution in [-0.4, -0.2) is 7.11 Å². The Labute approximate surface area is 76.8 Å². The first-order valence-corrected chi connectivity index (χ1v) is 3.92. The smallest absolute Gasteiger partial charge is 0.122 e. The number of rotatable bonds is 3. The Hall–Kier alpha value is -1.67.